The molecular formula is C40H49F3N6O14S. The molecule has 4 heterocycles. The maximum Gasteiger partial charge on any atom is 0.442 e. The van der Waals surface area contributed by atoms with Gasteiger partial charge in [0.05, 0.1) is 44.7 Å². The zero-order valence-electron chi connectivity index (χ0n) is 34.1. The first-order valence-corrected chi connectivity index (χ1v) is 21.3. The summed E-state index contributed by atoms with van der Waals surface area (Å²) in [4.78, 5) is 41.0. The van der Waals surface area contributed by atoms with Gasteiger partial charge in [0.15, 0.2) is 0 Å². The number of nitrogens with one attached hydrogen (secondary N) is 3. The van der Waals surface area contributed by atoms with E-state index in [1.165, 1.54) is 30.3 Å². The van der Waals surface area contributed by atoms with E-state index in [-0.39, 0.29) is 86.3 Å². The number of fused-ring (bicyclic) bond motifs is 1. The third-order valence-corrected chi connectivity index (χ3v) is 11.9. The Hall–Kier alpha value is -5.24. The molecule has 2 aromatic rings. The molecular weight excluding hydrogens is 878 g/mol. The predicted molar refractivity (Wildman–Crippen MR) is 218 cm³/mol. The highest BCUT2D eigenvalue weighted by Crippen LogP contribution is 2.53. The third-order valence-electron chi connectivity index (χ3n) is 10.4. The number of unbranched alkanes of at least 4 members (excludes halogenated alkanes) is 1. The smallest absolute Gasteiger partial charge is 0.442 e. The Morgan fingerprint density at radius 3 is 2.44 bits per heavy atom. The van der Waals surface area contributed by atoms with Gasteiger partial charge in [-0.05, 0) is 42.7 Å². The monoisotopic (exact) mass is 926 g/mol. The largest absolute Gasteiger partial charge is 0.508 e. The van der Waals surface area contributed by atoms with Crippen molar-refractivity contribution in [1.82, 2.24) is 16.0 Å². The molecule has 0 aliphatic carbocycles. The molecule has 4 aliphatic rings. The summed E-state index contributed by atoms with van der Waals surface area (Å²) in [5.74, 6) is -1.55. The van der Waals surface area contributed by atoms with E-state index < -0.39 is 54.3 Å². The van der Waals surface area contributed by atoms with E-state index in [1.807, 2.05) is 11.8 Å². The number of halogens is 3. The predicted octanol–water partition coefficient (Wildman–Crippen LogP) is 2.28. The molecule has 24 heteroatoms. The molecule has 6 rings (SSSR count). The first-order valence-electron chi connectivity index (χ1n) is 20.3. The van der Waals surface area contributed by atoms with Crippen molar-refractivity contribution in [3.63, 3.8) is 0 Å². The standard InChI is InChI=1S/C40H49F3N6O14S/c41-40(42,43)39(48-49-39)24-8-7-23(20-61-45-19-29-33(52)34(53)35(54)37(63-29)62-28(36(55)56)17-22-5-9-25(50)10-6-22)27(18-24)60-16-15-59-14-13-58-12-11-44-31(51)4-2-1-3-30-32-26(21-64-30)46-38(57)47-32/h5-10,17-19,26,29-30,32-35,37,50,52-54H,1-4,11-16,20-21H2,(H,44,51)(H,55,56)(H2,46,47,57)/b28-17-,45-19+/t26-,29+,30-,32-,33-,34-,35+,37+/m0/s1. The number of aliphatic hydroxyl groups excluding tert-OH is 3. The van der Waals surface area contributed by atoms with Crippen LogP contribution < -0.4 is 20.7 Å². The summed E-state index contributed by atoms with van der Waals surface area (Å²) in [5.41, 5.74) is -2.50. The second-order valence-electron chi connectivity index (χ2n) is 15.0. The Morgan fingerprint density at radius 2 is 1.72 bits per heavy atom. The number of carbonyl (C=O) groups excluding carboxylic acids is 2. The van der Waals surface area contributed by atoms with Gasteiger partial charge in [-0.3, -0.25) is 4.79 Å². The van der Waals surface area contributed by atoms with Crippen molar-refractivity contribution in [3.8, 4) is 11.5 Å². The number of amides is 3. The van der Waals surface area contributed by atoms with Gasteiger partial charge in [-0.2, -0.15) is 24.9 Å². The second kappa shape index (κ2) is 22.1. The molecule has 0 spiro atoms. The number of oxime groups is 1. The van der Waals surface area contributed by atoms with E-state index in [0.717, 1.165) is 49.4 Å². The SMILES string of the molecule is O=C(CCCC[C@@H]1SC[C@@H]2NC(=O)N[C@@H]21)NCCOCCOCCOc1cc(C2(C(F)(F)F)N=N2)ccc1CO/N=C/[C@H]1O[C@@H](O/C(=C\c2ccc(O)cc2)C(=O)O)[C@H](O)[C@@H](O)[C@H]1O. The molecule has 8 N–H and O–H groups in total. The van der Waals surface area contributed by atoms with Gasteiger partial charge in [0.2, 0.25) is 18.0 Å². The number of carbonyl (C=O) groups is 3. The van der Waals surface area contributed by atoms with Crippen LogP contribution in [0.4, 0.5) is 18.0 Å². The number of aliphatic hydroxyl groups is 3. The van der Waals surface area contributed by atoms with E-state index in [1.54, 1.807) is 0 Å². The van der Waals surface area contributed by atoms with Gasteiger partial charge in [-0.15, -0.1) is 10.2 Å². The Labute approximate surface area is 368 Å². The number of aromatic hydroxyl groups is 1. The first-order chi connectivity index (χ1) is 30.6. The van der Waals surface area contributed by atoms with Crippen LogP contribution in [0.1, 0.15) is 42.4 Å². The van der Waals surface area contributed by atoms with Gasteiger partial charge in [-0.25, -0.2) is 9.59 Å². The van der Waals surface area contributed by atoms with Crippen molar-refractivity contribution >= 4 is 42.0 Å². The number of urea groups is 1. The molecule has 20 nitrogen and oxygen atoms in total. The maximum atomic E-state index is 13.8. The number of aliphatic carboxylic acids is 1. The summed E-state index contributed by atoms with van der Waals surface area (Å²) >= 11 is 1.84. The summed E-state index contributed by atoms with van der Waals surface area (Å²) in [7, 11) is 0. The molecule has 2 aromatic carbocycles. The lowest BCUT2D eigenvalue weighted by molar-refractivity contribution is -0.271. The van der Waals surface area contributed by atoms with E-state index in [2.05, 4.69) is 31.3 Å². The van der Waals surface area contributed by atoms with Crippen LogP contribution in [0.3, 0.4) is 0 Å². The summed E-state index contributed by atoms with van der Waals surface area (Å²) in [5, 5.41) is 69.8. The number of hydrogen-bond acceptors (Lipinski definition) is 17. The van der Waals surface area contributed by atoms with Crippen LogP contribution in [0.15, 0.2) is 63.6 Å². The molecule has 0 radical (unpaired) electrons. The number of nitrogens with zero attached hydrogens (tertiary/aromatic N) is 3. The van der Waals surface area contributed by atoms with Crippen molar-refractivity contribution in [2.24, 2.45) is 15.4 Å². The summed E-state index contributed by atoms with van der Waals surface area (Å²) < 4.78 is 69.1. The van der Waals surface area contributed by atoms with Crippen LogP contribution in [-0.2, 0) is 45.6 Å². The van der Waals surface area contributed by atoms with Crippen molar-refractivity contribution in [2.75, 3.05) is 45.3 Å². The van der Waals surface area contributed by atoms with Gasteiger partial charge in [-0.1, -0.05) is 35.8 Å². The number of rotatable bonds is 24. The summed E-state index contributed by atoms with van der Waals surface area (Å²) in [6.45, 7) is 0.471. The molecule has 0 unspecified atom stereocenters. The zero-order valence-corrected chi connectivity index (χ0v) is 34.9. The molecule has 3 saturated heterocycles. The fourth-order valence-electron chi connectivity index (χ4n) is 6.92. The molecule has 0 bridgehead atoms. The zero-order chi connectivity index (χ0) is 45.9. The lowest BCUT2D eigenvalue weighted by atomic mass is 9.99. The molecule has 4 aliphatic heterocycles. The first kappa shape index (κ1) is 48.2. The van der Waals surface area contributed by atoms with Gasteiger partial charge in [0, 0.05) is 35.1 Å². The van der Waals surface area contributed by atoms with Gasteiger partial charge in [0.1, 0.15) is 49.1 Å². The topological polar surface area (TPSA) is 281 Å². The molecule has 350 valence electrons. The van der Waals surface area contributed by atoms with Crippen molar-refractivity contribution in [2.45, 2.75) is 92.2 Å². The Kier molecular flexibility index (Phi) is 16.7. The fourth-order valence-corrected chi connectivity index (χ4v) is 8.47. The Balaban J connectivity index is 0.918. The van der Waals surface area contributed by atoms with Crippen LogP contribution in [0, 0.1) is 0 Å². The average Bonchev–Trinajstić information content (AvgIpc) is 3.90. The van der Waals surface area contributed by atoms with Crippen LogP contribution >= 0.6 is 11.8 Å². The number of phenols is 1. The number of ether oxygens (including phenoxy) is 5. The molecule has 0 saturated carbocycles. The number of carboxylic acids is 1. The number of thioether (sulfide) groups is 1. The van der Waals surface area contributed by atoms with Crippen molar-refractivity contribution < 1.29 is 81.6 Å². The number of carboxylic acid groups (broad SMARTS) is 1. The minimum atomic E-state index is -4.81. The van der Waals surface area contributed by atoms with Crippen LogP contribution in [0.25, 0.3) is 6.08 Å². The van der Waals surface area contributed by atoms with E-state index in [0.29, 0.717) is 23.8 Å². The highest BCUT2D eigenvalue weighted by atomic mass is 32.2. The average molecular weight is 927 g/mol. The Morgan fingerprint density at radius 1 is 0.984 bits per heavy atom. The lowest BCUT2D eigenvalue weighted by Gasteiger charge is -2.38. The molecule has 0 aromatic heterocycles. The third kappa shape index (κ3) is 12.7. The summed E-state index contributed by atoms with van der Waals surface area (Å²) in [6.07, 6.45) is -8.76. The highest BCUT2D eigenvalue weighted by molar-refractivity contribution is 8.00. The lowest BCUT2D eigenvalue weighted by Crippen LogP contribution is -2.58. The number of benzene rings is 2. The second-order valence-corrected chi connectivity index (χ2v) is 16.2. The van der Waals surface area contributed by atoms with Crippen LogP contribution in [0.2, 0.25) is 0 Å². The fraction of sp³-hybridized carbons (Fsp3) is 0.550. The van der Waals surface area contributed by atoms with E-state index in [4.69, 9.17) is 28.5 Å². The quantitative estimate of drug-likeness (QED) is 0.0187. The van der Waals surface area contributed by atoms with Crippen LogP contribution in [0.5, 0.6) is 11.5 Å². The Bertz CT molecular complexity index is 2010. The number of hydrogen-bond donors (Lipinski definition) is 8. The minimum absolute atomic E-state index is 0.0215. The number of alkyl halides is 3. The van der Waals surface area contributed by atoms with Gasteiger partial charge >= 0.3 is 23.8 Å². The highest BCUT2D eigenvalue weighted by Gasteiger charge is 2.65. The normalized spacial score (nSPS) is 26.0. The van der Waals surface area contributed by atoms with Gasteiger partial charge < -0.3 is 70.0 Å². The minimum Gasteiger partial charge on any atom is -0.508 e. The van der Waals surface area contributed by atoms with E-state index in [9.17, 15) is 53.1 Å². The molecule has 64 heavy (non-hydrogen) atoms. The maximum absolute atomic E-state index is 13.8. The summed E-state index contributed by atoms with van der Waals surface area (Å²) in [6, 6.07) is 9.16. The number of phenolic OH excluding ortho intramolecular Hbond substituents is 1. The van der Waals surface area contributed by atoms with E-state index >= 15 is 0 Å². The molecule has 3 amide bonds. The molecule has 3 fully saturated rings. The van der Waals surface area contributed by atoms with Gasteiger partial charge in [0.25, 0.3) is 0 Å². The van der Waals surface area contributed by atoms with Crippen molar-refractivity contribution in [1.29, 1.82) is 0 Å². The molecule has 8 atom stereocenters. The van der Waals surface area contributed by atoms with Crippen molar-refractivity contribution in [3.05, 3.63) is 64.9 Å². The van der Waals surface area contributed by atoms with Crippen LogP contribution in [-0.4, -0.2) is 149 Å².